The highest BCUT2D eigenvalue weighted by molar-refractivity contribution is 5.26. The third-order valence-corrected chi connectivity index (χ3v) is 3.07. The zero-order valence-electron chi connectivity index (χ0n) is 10.6. The van der Waals surface area contributed by atoms with Gasteiger partial charge in [0.15, 0.2) is 0 Å². The Labute approximate surface area is 98.8 Å². The van der Waals surface area contributed by atoms with Crippen LogP contribution in [0.3, 0.4) is 0 Å². The maximum absolute atomic E-state index is 5.58. The van der Waals surface area contributed by atoms with Crippen molar-refractivity contribution in [1.29, 1.82) is 0 Å². The van der Waals surface area contributed by atoms with E-state index < -0.39 is 0 Å². The fourth-order valence-electron chi connectivity index (χ4n) is 1.67. The molecule has 0 spiro atoms. The van der Waals surface area contributed by atoms with Crippen molar-refractivity contribution in [3.05, 3.63) is 35.4 Å². The van der Waals surface area contributed by atoms with Gasteiger partial charge in [-0.15, -0.1) is 0 Å². The Morgan fingerprint density at radius 1 is 1.12 bits per heavy atom. The maximum atomic E-state index is 5.58. The van der Waals surface area contributed by atoms with Gasteiger partial charge in [0.2, 0.25) is 0 Å². The summed E-state index contributed by atoms with van der Waals surface area (Å²) in [5.41, 5.74) is 8.03. The minimum absolute atomic E-state index is 0.134. The lowest BCUT2D eigenvalue weighted by molar-refractivity contribution is 0.0718. The molecular formula is C14H23NO. The molecule has 1 aromatic rings. The van der Waals surface area contributed by atoms with Crippen LogP contribution in [0.15, 0.2) is 24.3 Å². The van der Waals surface area contributed by atoms with Crippen molar-refractivity contribution >= 4 is 0 Å². The van der Waals surface area contributed by atoms with Gasteiger partial charge in [-0.2, -0.15) is 0 Å². The van der Waals surface area contributed by atoms with Crippen LogP contribution in [-0.4, -0.2) is 13.2 Å². The third kappa shape index (κ3) is 3.62. The topological polar surface area (TPSA) is 35.2 Å². The van der Waals surface area contributed by atoms with E-state index in [1.807, 2.05) is 0 Å². The summed E-state index contributed by atoms with van der Waals surface area (Å²) < 4.78 is 5.58. The van der Waals surface area contributed by atoms with Gasteiger partial charge in [-0.05, 0) is 30.4 Å². The first-order valence-corrected chi connectivity index (χ1v) is 6.10. The van der Waals surface area contributed by atoms with Crippen LogP contribution in [0.4, 0.5) is 0 Å². The molecule has 0 aromatic heterocycles. The van der Waals surface area contributed by atoms with E-state index in [4.69, 9.17) is 10.5 Å². The molecule has 16 heavy (non-hydrogen) atoms. The number of nitrogens with two attached hydrogens (primary N) is 1. The van der Waals surface area contributed by atoms with E-state index in [0.717, 1.165) is 0 Å². The molecule has 0 heterocycles. The molecule has 2 atom stereocenters. The molecule has 2 N–H and O–H groups in total. The SMILES string of the molecule is CCC(C)c1ccc(C(C)OCCN)cc1. The number of hydrogen-bond acceptors (Lipinski definition) is 2. The lowest BCUT2D eigenvalue weighted by atomic mass is 9.97. The van der Waals surface area contributed by atoms with Crippen molar-refractivity contribution in [1.82, 2.24) is 0 Å². The summed E-state index contributed by atoms with van der Waals surface area (Å²) >= 11 is 0. The molecule has 0 amide bonds. The summed E-state index contributed by atoms with van der Waals surface area (Å²) in [4.78, 5) is 0. The Hall–Kier alpha value is -0.860. The van der Waals surface area contributed by atoms with Gasteiger partial charge in [0.25, 0.3) is 0 Å². The first-order chi connectivity index (χ1) is 7.69. The molecule has 0 saturated heterocycles. The molecule has 0 bridgehead atoms. The molecule has 90 valence electrons. The van der Waals surface area contributed by atoms with Crippen molar-refractivity contribution < 1.29 is 4.74 Å². The Balaban J connectivity index is 2.63. The zero-order chi connectivity index (χ0) is 12.0. The third-order valence-electron chi connectivity index (χ3n) is 3.07. The lowest BCUT2D eigenvalue weighted by Crippen LogP contribution is -2.10. The van der Waals surface area contributed by atoms with Gasteiger partial charge in [-0.1, -0.05) is 38.1 Å². The lowest BCUT2D eigenvalue weighted by Gasteiger charge is -2.14. The van der Waals surface area contributed by atoms with Crippen LogP contribution in [0.1, 0.15) is 50.3 Å². The Morgan fingerprint density at radius 2 is 1.69 bits per heavy atom. The van der Waals surface area contributed by atoms with Crippen LogP contribution in [0.5, 0.6) is 0 Å². The normalized spacial score (nSPS) is 14.8. The Bertz CT molecular complexity index is 294. The smallest absolute Gasteiger partial charge is 0.0797 e. The van der Waals surface area contributed by atoms with Gasteiger partial charge in [0.1, 0.15) is 0 Å². The van der Waals surface area contributed by atoms with Gasteiger partial charge in [-0.3, -0.25) is 0 Å². The monoisotopic (exact) mass is 221 g/mol. The van der Waals surface area contributed by atoms with Crippen LogP contribution in [0.2, 0.25) is 0 Å². The van der Waals surface area contributed by atoms with Gasteiger partial charge >= 0.3 is 0 Å². The van der Waals surface area contributed by atoms with E-state index in [1.165, 1.54) is 17.5 Å². The molecule has 0 aliphatic rings. The van der Waals surface area contributed by atoms with Crippen LogP contribution in [0.25, 0.3) is 0 Å². The van der Waals surface area contributed by atoms with E-state index in [-0.39, 0.29) is 6.10 Å². The van der Waals surface area contributed by atoms with Crippen LogP contribution in [0, 0.1) is 0 Å². The predicted molar refractivity (Wildman–Crippen MR) is 68.6 cm³/mol. The molecule has 0 fully saturated rings. The molecule has 0 aliphatic carbocycles. The van der Waals surface area contributed by atoms with Gasteiger partial charge < -0.3 is 10.5 Å². The van der Waals surface area contributed by atoms with Crippen molar-refractivity contribution in [2.45, 2.75) is 39.2 Å². The molecule has 0 aliphatic heterocycles. The number of hydrogen-bond donors (Lipinski definition) is 1. The van der Waals surface area contributed by atoms with Crippen molar-refractivity contribution in [2.75, 3.05) is 13.2 Å². The molecule has 2 heteroatoms. The van der Waals surface area contributed by atoms with E-state index in [9.17, 15) is 0 Å². The van der Waals surface area contributed by atoms with Gasteiger partial charge in [0.05, 0.1) is 12.7 Å². The fraction of sp³-hybridized carbons (Fsp3) is 0.571. The quantitative estimate of drug-likeness (QED) is 0.800. The van der Waals surface area contributed by atoms with E-state index >= 15 is 0 Å². The van der Waals surface area contributed by atoms with E-state index in [1.54, 1.807) is 0 Å². The first kappa shape index (κ1) is 13.2. The molecule has 2 nitrogen and oxygen atoms in total. The molecule has 0 saturated carbocycles. The molecule has 1 aromatic carbocycles. The summed E-state index contributed by atoms with van der Waals surface area (Å²) in [5.74, 6) is 0.634. The largest absolute Gasteiger partial charge is 0.373 e. The number of ether oxygens (including phenoxy) is 1. The van der Waals surface area contributed by atoms with Crippen molar-refractivity contribution in [3.8, 4) is 0 Å². The second-order valence-electron chi connectivity index (χ2n) is 4.28. The molecule has 0 radical (unpaired) electrons. The first-order valence-electron chi connectivity index (χ1n) is 6.10. The summed E-state index contributed by atoms with van der Waals surface area (Å²) in [6.45, 7) is 7.73. The average molecular weight is 221 g/mol. The minimum Gasteiger partial charge on any atom is -0.373 e. The summed E-state index contributed by atoms with van der Waals surface area (Å²) in [7, 11) is 0. The Morgan fingerprint density at radius 3 is 2.19 bits per heavy atom. The summed E-state index contributed by atoms with van der Waals surface area (Å²) in [6, 6.07) is 8.71. The average Bonchev–Trinajstić information content (AvgIpc) is 2.35. The molecular weight excluding hydrogens is 198 g/mol. The highest BCUT2D eigenvalue weighted by Crippen LogP contribution is 2.22. The van der Waals surface area contributed by atoms with Crippen LogP contribution < -0.4 is 5.73 Å². The summed E-state index contributed by atoms with van der Waals surface area (Å²) in [5, 5.41) is 0. The summed E-state index contributed by atoms with van der Waals surface area (Å²) in [6.07, 6.45) is 1.31. The van der Waals surface area contributed by atoms with E-state index in [0.29, 0.717) is 19.1 Å². The number of benzene rings is 1. The molecule has 2 unspecified atom stereocenters. The second-order valence-corrected chi connectivity index (χ2v) is 4.28. The minimum atomic E-state index is 0.134. The second kappa shape index (κ2) is 6.66. The predicted octanol–water partition coefficient (Wildman–Crippen LogP) is 3.24. The van der Waals surface area contributed by atoms with Gasteiger partial charge in [-0.25, -0.2) is 0 Å². The Kier molecular flexibility index (Phi) is 5.50. The fourth-order valence-corrected chi connectivity index (χ4v) is 1.67. The number of rotatable bonds is 6. The van der Waals surface area contributed by atoms with Crippen molar-refractivity contribution in [3.63, 3.8) is 0 Å². The molecule has 1 rings (SSSR count). The van der Waals surface area contributed by atoms with E-state index in [2.05, 4.69) is 45.0 Å². The van der Waals surface area contributed by atoms with Gasteiger partial charge in [0, 0.05) is 6.54 Å². The standard InChI is InChI=1S/C14H23NO/c1-4-11(2)13-5-7-14(8-6-13)12(3)16-10-9-15/h5-8,11-12H,4,9-10,15H2,1-3H3. The zero-order valence-corrected chi connectivity index (χ0v) is 10.6. The van der Waals surface area contributed by atoms with Crippen LogP contribution in [-0.2, 0) is 4.74 Å². The van der Waals surface area contributed by atoms with Crippen LogP contribution >= 0.6 is 0 Å². The maximum Gasteiger partial charge on any atom is 0.0797 e. The highest BCUT2D eigenvalue weighted by Gasteiger charge is 2.07. The van der Waals surface area contributed by atoms with Crippen molar-refractivity contribution in [2.24, 2.45) is 5.73 Å². The highest BCUT2D eigenvalue weighted by atomic mass is 16.5.